The zero-order valence-electron chi connectivity index (χ0n) is 11.8. The summed E-state index contributed by atoms with van der Waals surface area (Å²) in [5, 5.41) is 3.32. The van der Waals surface area contributed by atoms with Crippen molar-refractivity contribution in [3.05, 3.63) is 29.8 Å². The number of anilines is 1. The summed E-state index contributed by atoms with van der Waals surface area (Å²) in [5.41, 5.74) is 2.44. The molecule has 1 saturated heterocycles. The van der Waals surface area contributed by atoms with E-state index in [1.54, 1.807) is 0 Å². The second-order valence-corrected chi connectivity index (χ2v) is 5.17. The second kappa shape index (κ2) is 7.17. The standard InChI is InChI=1S/C16H24N2O/c1-2-14-6-8-15(9-7-14)17-11-10-16(19)18-12-4-3-5-13-18/h6-9,17H,2-5,10-13H2,1H3. The lowest BCUT2D eigenvalue weighted by Crippen LogP contribution is -2.36. The van der Waals surface area contributed by atoms with Crippen LogP contribution < -0.4 is 5.32 Å². The van der Waals surface area contributed by atoms with Crippen LogP contribution in [0.3, 0.4) is 0 Å². The van der Waals surface area contributed by atoms with Gasteiger partial charge in [-0.15, -0.1) is 0 Å². The lowest BCUT2D eigenvalue weighted by atomic mass is 10.1. The maximum Gasteiger partial charge on any atom is 0.224 e. The molecule has 19 heavy (non-hydrogen) atoms. The molecule has 0 radical (unpaired) electrons. The van der Waals surface area contributed by atoms with E-state index >= 15 is 0 Å². The number of benzene rings is 1. The van der Waals surface area contributed by atoms with E-state index in [4.69, 9.17) is 0 Å². The average Bonchev–Trinajstić information content (AvgIpc) is 2.49. The van der Waals surface area contributed by atoms with E-state index in [0.717, 1.165) is 44.6 Å². The van der Waals surface area contributed by atoms with Gasteiger partial charge in [0, 0.05) is 31.7 Å². The Morgan fingerprint density at radius 3 is 2.47 bits per heavy atom. The largest absolute Gasteiger partial charge is 0.385 e. The molecule has 2 rings (SSSR count). The van der Waals surface area contributed by atoms with Gasteiger partial charge in [-0.1, -0.05) is 19.1 Å². The number of hydrogen-bond donors (Lipinski definition) is 1. The minimum Gasteiger partial charge on any atom is -0.385 e. The third-order valence-corrected chi connectivity index (χ3v) is 3.74. The van der Waals surface area contributed by atoms with Crippen LogP contribution in [-0.2, 0) is 11.2 Å². The van der Waals surface area contributed by atoms with Crippen LogP contribution in [0.1, 0.15) is 38.2 Å². The molecule has 0 unspecified atom stereocenters. The van der Waals surface area contributed by atoms with Gasteiger partial charge >= 0.3 is 0 Å². The molecule has 1 aromatic rings. The summed E-state index contributed by atoms with van der Waals surface area (Å²) in [6.45, 7) is 4.77. The van der Waals surface area contributed by atoms with Crippen molar-refractivity contribution in [1.82, 2.24) is 4.90 Å². The Kier molecular flexibility index (Phi) is 5.25. The number of aryl methyl sites for hydroxylation is 1. The summed E-state index contributed by atoms with van der Waals surface area (Å²) < 4.78 is 0. The number of likely N-dealkylation sites (tertiary alicyclic amines) is 1. The van der Waals surface area contributed by atoms with E-state index in [-0.39, 0.29) is 5.91 Å². The highest BCUT2D eigenvalue weighted by Crippen LogP contribution is 2.12. The van der Waals surface area contributed by atoms with Crippen molar-refractivity contribution in [2.45, 2.75) is 39.0 Å². The first kappa shape index (κ1) is 13.9. The van der Waals surface area contributed by atoms with Crippen LogP contribution in [0.5, 0.6) is 0 Å². The smallest absolute Gasteiger partial charge is 0.224 e. The lowest BCUT2D eigenvalue weighted by Gasteiger charge is -2.26. The number of hydrogen-bond acceptors (Lipinski definition) is 2. The fraction of sp³-hybridized carbons (Fsp3) is 0.562. The highest BCUT2D eigenvalue weighted by molar-refractivity contribution is 5.76. The molecule has 3 heteroatoms. The maximum atomic E-state index is 12.0. The molecule has 3 nitrogen and oxygen atoms in total. The Morgan fingerprint density at radius 2 is 1.84 bits per heavy atom. The van der Waals surface area contributed by atoms with Crippen LogP contribution in [0, 0.1) is 0 Å². The highest BCUT2D eigenvalue weighted by Gasteiger charge is 2.15. The van der Waals surface area contributed by atoms with E-state index < -0.39 is 0 Å². The zero-order valence-corrected chi connectivity index (χ0v) is 11.8. The number of nitrogens with one attached hydrogen (secondary N) is 1. The van der Waals surface area contributed by atoms with Gasteiger partial charge in [-0.25, -0.2) is 0 Å². The molecular formula is C16H24N2O. The number of amides is 1. The molecular weight excluding hydrogens is 236 g/mol. The van der Waals surface area contributed by atoms with Crippen molar-refractivity contribution < 1.29 is 4.79 Å². The fourth-order valence-corrected chi connectivity index (χ4v) is 2.47. The highest BCUT2D eigenvalue weighted by atomic mass is 16.2. The summed E-state index contributed by atoms with van der Waals surface area (Å²) in [5.74, 6) is 0.289. The first-order valence-electron chi connectivity index (χ1n) is 7.40. The predicted octanol–water partition coefficient (Wildman–Crippen LogP) is 3.06. The number of nitrogens with zero attached hydrogens (tertiary/aromatic N) is 1. The monoisotopic (exact) mass is 260 g/mol. The van der Waals surface area contributed by atoms with Crippen LogP contribution in [0.25, 0.3) is 0 Å². The molecule has 1 N–H and O–H groups in total. The normalized spacial score (nSPS) is 15.3. The lowest BCUT2D eigenvalue weighted by molar-refractivity contribution is -0.131. The zero-order chi connectivity index (χ0) is 13.5. The van der Waals surface area contributed by atoms with E-state index in [1.165, 1.54) is 12.0 Å². The van der Waals surface area contributed by atoms with Gasteiger partial charge in [0.2, 0.25) is 5.91 Å². The molecule has 1 aliphatic rings. The van der Waals surface area contributed by atoms with Crippen LogP contribution in [0.15, 0.2) is 24.3 Å². The van der Waals surface area contributed by atoms with Gasteiger partial charge in [0.1, 0.15) is 0 Å². The molecule has 0 bridgehead atoms. The van der Waals surface area contributed by atoms with Crippen LogP contribution in [0.2, 0.25) is 0 Å². The van der Waals surface area contributed by atoms with E-state index in [1.807, 2.05) is 4.90 Å². The molecule has 1 fully saturated rings. The average molecular weight is 260 g/mol. The summed E-state index contributed by atoms with van der Waals surface area (Å²) in [6, 6.07) is 8.44. The van der Waals surface area contributed by atoms with E-state index in [2.05, 4.69) is 36.5 Å². The Morgan fingerprint density at radius 1 is 1.16 bits per heavy atom. The quantitative estimate of drug-likeness (QED) is 0.882. The summed E-state index contributed by atoms with van der Waals surface area (Å²) in [6.07, 6.45) is 5.25. The van der Waals surface area contributed by atoms with Crippen molar-refractivity contribution in [2.24, 2.45) is 0 Å². The van der Waals surface area contributed by atoms with Crippen molar-refractivity contribution in [3.63, 3.8) is 0 Å². The summed E-state index contributed by atoms with van der Waals surface area (Å²) >= 11 is 0. The van der Waals surface area contributed by atoms with Crippen molar-refractivity contribution >= 4 is 11.6 Å². The molecule has 1 amide bonds. The third-order valence-electron chi connectivity index (χ3n) is 3.74. The Balaban J connectivity index is 1.71. The number of carbonyl (C=O) groups is 1. The first-order chi connectivity index (χ1) is 9.29. The van der Waals surface area contributed by atoms with Gasteiger partial charge in [0.15, 0.2) is 0 Å². The van der Waals surface area contributed by atoms with Crippen LogP contribution >= 0.6 is 0 Å². The SMILES string of the molecule is CCc1ccc(NCCC(=O)N2CCCCC2)cc1. The molecule has 0 spiro atoms. The van der Waals surface area contributed by atoms with Crippen LogP contribution in [-0.4, -0.2) is 30.4 Å². The molecule has 0 aliphatic carbocycles. The van der Waals surface area contributed by atoms with Crippen molar-refractivity contribution in [2.75, 3.05) is 25.0 Å². The second-order valence-electron chi connectivity index (χ2n) is 5.17. The summed E-state index contributed by atoms with van der Waals surface area (Å²) in [7, 11) is 0. The van der Waals surface area contributed by atoms with E-state index in [0.29, 0.717) is 6.42 Å². The van der Waals surface area contributed by atoms with Gasteiger partial charge in [0.05, 0.1) is 0 Å². The van der Waals surface area contributed by atoms with Gasteiger partial charge in [-0.3, -0.25) is 4.79 Å². The molecule has 0 atom stereocenters. The van der Waals surface area contributed by atoms with Gasteiger partial charge < -0.3 is 10.2 Å². The van der Waals surface area contributed by atoms with Gasteiger partial charge in [-0.2, -0.15) is 0 Å². The molecule has 1 heterocycles. The molecule has 0 saturated carbocycles. The summed E-state index contributed by atoms with van der Waals surface area (Å²) in [4.78, 5) is 14.0. The third kappa shape index (κ3) is 4.27. The molecule has 104 valence electrons. The Bertz CT molecular complexity index is 394. The predicted molar refractivity (Wildman–Crippen MR) is 79.4 cm³/mol. The fourth-order valence-electron chi connectivity index (χ4n) is 2.47. The molecule has 0 aromatic heterocycles. The topological polar surface area (TPSA) is 32.3 Å². The minimum absolute atomic E-state index is 0.289. The van der Waals surface area contributed by atoms with Gasteiger partial charge in [-0.05, 0) is 43.4 Å². The number of rotatable bonds is 5. The van der Waals surface area contributed by atoms with Gasteiger partial charge in [0.25, 0.3) is 0 Å². The Hall–Kier alpha value is -1.51. The molecule has 1 aliphatic heterocycles. The van der Waals surface area contributed by atoms with Crippen LogP contribution in [0.4, 0.5) is 5.69 Å². The maximum absolute atomic E-state index is 12.0. The first-order valence-corrected chi connectivity index (χ1v) is 7.40. The Labute approximate surface area is 116 Å². The molecule has 1 aromatic carbocycles. The minimum atomic E-state index is 0.289. The van der Waals surface area contributed by atoms with Crippen molar-refractivity contribution in [3.8, 4) is 0 Å². The number of piperidine rings is 1. The van der Waals surface area contributed by atoms with Crippen molar-refractivity contribution in [1.29, 1.82) is 0 Å². The van der Waals surface area contributed by atoms with E-state index in [9.17, 15) is 4.79 Å². The number of carbonyl (C=O) groups excluding carboxylic acids is 1.